The zero-order valence-corrected chi connectivity index (χ0v) is 13.0. The minimum atomic E-state index is 0.0312. The molecule has 3 heteroatoms. The van der Waals surface area contributed by atoms with Crippen LogP contribution in [0, 0.1) is 0 Å². The third-order valence-corrected chi connectivity index (χ3v) is 3.65. The van der Waals surface area contributed by atoms with Crippen LogP contribution in [-0.4, -0.2) is 19.1 Å². The second-order valence-electron chi connectivity index (χ2n) is 5.67. The van der Waals surface area contributed by atoms with Crippen LogP contribution in [0.25, 0.3) is 11.6 Å². The Balaban J connectivity index is 1.94. The highest BCUT2D eigenvalue weighted by atomic mass is 16.5. The van der Waals surface area contributed by atoms with Gasteiger partial charge in [0.1, 0.15) is 5.75 Å². The highest BCUT2D eigenvalue weighted by Gasteiger charge is 2.28. The van der Waals surface area contributed by atoms with Crippen molar-refractivity contribution >= 4 is 23.2 Å². The van der Waals surface area contributed by atoms with Crippen molar-refractivity contribution in [2.24, 2.45) is 0 Å². The average molecular weight is 293 g/mol. The molecule has 0 saturated heterocycles. The lowest BCUT2D eigenvalue weighted by Gasteiger charge is -2.09. The summed E-state index contributed by atoms with van der Waals surface area (Å²) in [5.41, 5.74) is 3.66. The molecule has 0 aromatic heterocycles. The highest BCUT2D eigenvalue weighted by molar-refractivity contribution is 6.35. The smallest absolute Gasteiger partial charge is 0.258 e. The first-order chi connectivity index (χ1) is 10.6. The Morgan fingerprint density at radius 1 is 1.05 bits per heavy atom. The summed E-state index contributed by atoms with van der Waals surface area (Å²) in [5.74, 6) is 0.871. The van der Waals surface area contributed by atoms with Gasteiger partial charge in [-0.3, -0.25) is 4.79 Å². The highest BCUT2D eigenvalue weighted by Crippen LogP contribution is 2.36. The molecule has 1 amide bonds. The van der Waals surface area contributed by atoms with Gasteiger partial charge in [0.05, 0.1) is 11.8 Å². The van der Waals surface area contributed by atoms with E-state index in [2.05, 4.69) is 0 Å². The first kappa shape index (κ1) is 14.4. The molecule has 0 atom stereocenters. The maximum absolute atomic E-state index is 12.4. The fourth-order valence-corrected chi connectivity index (χ4v) is 2.62. The fraction of sp³-hybridized carbons (Fsp3) is 0.211. The molecule has 0 spiro atoms. The fourth-order valence-electron chi connectivity index (χ4n) is 2.62. The van der Waals surface area contributed by atoms with Crippen LogP contribution >= 0.6 is 0 Å². The third kappa shape index (κ3) is 2.62. The number of anilines is 1. The van der Waals surface area contributed by atoms with Gasteiger partial charge in [0.15, 0.2) is 0 Å². The van der Waals surface area contributed by atoms with Gasteiger partial charge in [-0.15, -0.1) is 0 Å². The van der Waals surface area contributed by atoms with Gasteiger partial charge in [0, 0.05) is 18.2 Å². The third-order valence-electron chi connectivity index (χ3n) is 3.65. The Bertz CT molecular complexity index is 729. The van der Waals surface area contributed by atoms with Crippen molar-refractivity contribution in [3.05, 3.63) is 59.7 Å². The first-order valence-corrected chi connectivity index (χ1v) is 7.42. The predicted molar refractivity (Wildman–Crippen MR) is 89.9 cm³/mol. The van der Waals surface area contributed by atoms with E-state index in [1.54, 1.807) is 4.90 Å². The number of amides is 1. The largest absolute Gasteiger partial charge is 0.491 e. The van der Waals surface area contributed by atoms with Gasteiger partial charge in [-0.2, -0.15) is 0 Å². The Morgan fingerprint density at radius 2 is 1.73 bits per heavy atom. The second-order valence-corrected chi connectivity index (χ2v) is 5.67. The quantitative estimate of drug-likeness (QED) is 0.801. The zero-order valence-electron chi connectivity index (χ0n) is 13.0. The van der Waals surface area contributed by atoms with E-state index in [1.807, 2.05) is 75.5 Å². The summed E-state index contributed by atoms with van der Waals surface area (Å²) in [7, 11) is 1.81. The number of carbonyl (C=O) groups excluding carboxylic acids is 1. The number of para-hydroxylation sites is 1. The summed E-state index contributed by atoms with van der Waals surface area (Å²) in [5, 5.41) is 0. The van der Waals surface area contributed by atoms with Gasteiger partial charge >= 0.3 is 0 Å². The summed E-state index contributed by atoms with van der Waals surface area (Å²) in [4.78, 5) is 14.1. The molecule has 0 aliphatic carbocycles. The van der Waals surface area contributed by atoms with Crippen molar-refractivity contribution in [1.82, 2.24) is 0 Å². The maximum atomic E-state index is 12.4. The molecule has 1 aliphatic heterocycles. The van der Waals surface area contributed by atoms with E-state index in [4.69, 9.17) is 4.74 Å². The molecule has 3 rings (SSSR count). The number of benzene rings is 2. The van der Waals surface area contributed by atoms with Crippen LogP contribution in [-0.2, 0) is 4.79 Å². The van der Waals surface area contributed by atoms with E-state index in [1.165, 1.54) is 0 Å². The number of nitrogens with zero attached hydrogens (tertiary/aromatic N) is 1. The lowest BCUT2D eigenvalue weighted by molar-refractivity contribution is -0.112. The molecule has 1 aliphatic rings. The topological polar surface area (TPSA) is 29.5 Å². The van der Waals surface area contributed by atoms with E-state index < -0.39 is 0 Å². The Kier molecular flexibility index (Phi) is 3.72. The standard InChI is InChI=1S/C19H19NO2/c1-13(2)22-15-10-8-14(9-11-15)12-17-16-6-4-5-7-18(16)20(3)19(17)21/h4-13H,1-3H3/b17-12+. The first-order valence-electron chi connectivity index (χ1n) is 7.42. The van der Waals surface area contributed by atoms with Crippen LogP contribution < -0.4 is 9.64 Å². The number of fused-ring (bicyclic) bond motifs is 1. The van der Waals surface area contributed by atoms with Gasteiger partial charge in [-0.05, 0) is 43.7 Å². The summed E-state index contributed by atoms with van der Waals surface area (Å²) < 4.78 is 5.64. The molecule has 3 nitrogen and oxygen atoms in total. The number of ether oxygens (including phenoxy) is 1. The van der Waals surface area contributed by atoms with Crippen LogP contribution in [0.1, 0.15) is 25.0 Å². The molecule has 112 valence electrons. The minimum absolute atomic E-state index is 0.0312. The van der Waals surface area contributed by atoms with Crippen molar-refractivity contribution in [3.8, 4) is 5.75 Å². The molecule has 0 unspecified atom stereocenters. The molecule has 0 fully saturated rings. The summed E-state index contributed by atoms with van der Waals surface area (Å²) in [6, 6.07) is 15.7. The molecule has 0 saturated carbocycles. The molecule has 0 bridgehead atoms. The summed E-state index contributed by atoms with van der Waals surface area (Å²) in [6.07, 6.45) is 2.09. The van der Waals surface area contributed by atoms with Crippen LogP contribution in [0.15, 0.2) is 48.5 Å². The molecule has 0 N–H and O–H groups in total. The lowest BCUT2D eigenvalue weighted by Crippen LogP contribution is -2.20. The summed E-state index contributed by atoms with van der Waals surface area (Å²) in [6.45, 7) is 4.00. The van der Waals surface area contributed by atoms with Crippen molar-refractivity contribution in [1.29, 1.82) is 0 Å². The van der Waals surface area contributed by atoms with E-state index in [0.29, 0.717) is 0 Å². The van der Waals surface area contributed by atoms with Crippen molar-refractivity contribution in [3.63, 3.8) is 0 Å². The SMILES string of the molecule is CC(C)Oc1ccc(/C=C2/C(=O)N(C)c3ccccc32)cc1. The Hall–Kier alpha value is -2.55. The van der Waals surface area contributed by atoms with Crippen molar-refractivity contribution in [2.75, 3.05) is 11.9 Å². The average Bonchev–Trinajstić information content (AvgIpc) is 2.74. The van der Waals surface area contributed by atoms with E-state index in [-0.39, 0.29) is 12.0 Å². The molecule has 22 heavy (non-hydrogen) atoms. The molecular weight excluding hydrogens is 274 g/mol. The number of hydrogen-bond acceptors (Lipinski definition) is 2. The van der Waals surface area contributed by atoms with E-state index >= 15 is 0 Å². The monoisotopic (exact) mass is 293 g/mol. The predicted octanol–water partition coefficient (Wildman–Crippen LogP) is 3.99. The van der Waals surface area contributed by atoms with Gasteiger partial charge in [-0.25, -0.2) is 0 Å². The van der Waals surface area contributed by atoms with Gasteiger partial charge in [0.25, 0.3) is 5.91 Å². The molecule has 2 aromatic rings. The normalized spacial score (nSPS) is 15.5. The Labute approximate surface area is 130 Å². The number of hydrogen-bond donors (Lipinski definition) is 0. The van der Waals surface area contributed by atoms with Crippen molar-refractivity contribution < 1.29 is 9.53 Å². The molecule has 1 heterocycles. The number of carbonyl (C=O) groups is 1. The molecule has 0 radical (unpaired) electrons. The van der Waals surface area contributed by atoms with Gasteiger partial charge in [0.2, 0.25) is 0 Å². The minimum Gasteiger partial charge on any atom is -0.491 e. The Morgan fingerprint density at radius 3 is 2.41 bits per heavy atom. The van der Waals surface area contributed by atoms with Crippen LogP contribution in [0.2, 0.25) is 0 Å². The van der Waals surface area contributed by atoms with Crippen molar-refractivity contribution in [2.45, 2.75) is 20.0 Å². The number of likely N-dealkylation sites (N-methyl/N-ethyl adjacent to an activating group) is 1. The van der Waals surface area contributed by atoms with Crippen LogP contribution in [0.3, 0.4) is 0 Å². The van der Waals surface area contributed by atoms with Gasteiger partial charge in [-0.1, -0.05) is 30.3 Å². The van der Waals surface area contributed by atoms with E-state index in [0.717, 1.165) is 28.1 Å². The number of rotatable bonds is 3. The molecular formula is C19H19NO2. The molecule has 2 aromatic carbocycles. The van der Waals surface area contributed by atoms with E-state index in [9.17, 15) is 4.79 Å². The second kappa shape index (κ2) is 5.68. The zero-order chi connectivity index (χ0) is 15.7. The van der Waals surface area contributed by atoms with Crippen LogP contribution in [0.4, 0.5) is 5.69 Å². The summed E-state index contributed by atoms with van der Waals surface area (Å²) >= 11 is 0. The van der Waals surface area contributed by atoms with Gasteiger partial charge < -0.3 is 9.64 Å². The lowest BCUT2D eigenvalue weighted by atomic mass is 10.0. The maximum Gasteiger partial charge on any atom is 0.258 e. The van der Waals surface area contributed by atoms with Crippen LogP contribution in [0.5, 0.6) is 5.75 Å².